The van der Waals surface area contributed by atoms with Crippen LogP contribution in [0.1, 0.15) is 51.9 Å². The molecule has 2 nitrogen and oxygen atoms in total. The second kappa shape index (κ2) is 3.25. The van der Waals surface area contributed by atoms with Gasteiger partial charge in [-0.05, 0) is 39.2 Å². The minimum Gasteiger partial charge on any atom is -0.376 e. The van der Waals surface area contributed by atoms with Crippen LogP contribution in [0.5, 0.6) is 0 Å². The Hall–Kier alpha value is -0.0800. The first kappa shape index (κ1) is 9.47. The highest BCUT2D eigenvalue weighted by Crippen LogP contribution is 2.48. The first-order valence-electron chi connectivity index (χ1n) is 5.64. The molecule has 2 fully saturated rings. The molecule has 2 heteroatoms. The summed E-state index contributed by atoms with van der Waals surface area (Å²) in [5.74, 6) is 0. The molecule has 2 N–H and O–H groups in total. The third kappa shape index (κ3) is 1.50. The van der Waals surface area contributed by atoms with Crippen molar-refractivity contribution in [1.29, 1.82) is 0 Å². The average molecular weight is 183 g/mol. The van der Waals surface area contributed by atoms with Crippen LogP contribution in [0.4, 0.5) is 0 Å². The Labute approximate surface area is 80.7 Å². The smallest absolute Gasteiger partial charge is 0.118 e. The summed E-state index contributed by atoms with van der Waals surface area (Å²) < 4.78 is 0. The molecule has 1 unspecified atom stereocenters. The highest BCUT2D eigenvalue weighted by Gasteiger charge is 2.48. The lowest BCUT2D eigenvalue weighted by molar-refractivity contribution is -0.135. The summed E-state index contributed by atoms with van der Waals surface area (Å²) in [6.07, 6.45) is 8.84. The van der Waals surface area contributed by atoms with Crippen LogP contribution in [0.25, 0.3) is 0 Å². The van der Waals surface area contributed by atoms with Gasteiger partial charge in [-0.2, -0.15) is 0 Å². The molecule has 1 saturated carbocycles. The molecule has 2 aliphatic rings. The third-order valence-electron chi connectivity index (χ3n) is 4.14. The molecule has 1 heterocycles. The highest BCUT2D eigenvalue weighted by atomic mass is 16.3. The van der Waals surface area contributed by atoms with E-state index in [1.165, 1.54) is 44.9 Å². The van der Waals surface area contributed by atoms with Gasteiger partial charge in [-0.1, -0.05) is 19.3 Å². The molecule has 0 amide bonds. The molecule has 1 atom stereocenters. The number of hydrogen-bond donors (Lipinski definition) is 2. The fourth-order valence-electron chi connectivity index (χ4n) is 3.15. The summed E-state index contributed by atoms with van der Waals surface area (Å²) in [7, 11) is 0. The largest absolute Gasteiger partial charge is 0.376 e. The van der Waals surface area contributed by atoms with Gasteiger partial charge in [0.25, 0.3) is 0 Å². The van der Waals surface area contributed by atoms with Crippen LogP contribution < -0.4 is 5.32 Å². The van der Waals surface area contributed by atoms with Crippen LogP contribution >= 0.6 is 0 Å². The maximum absolute atomic E-state index is 10.3. The van der Waals surface area contributed by atoms with Crippen LogP contribution in [0.2, 0.25) is 0 Å². The zero-order valence-electron chi connectivity index (χ0n) is 8.60. The van der Waals surface area contributed by atoms with E-state index in [0.717, 1.165) is 6.54 Å². The molecule has 76 valence electrons. The van der Waals surface area contributed by atoms with Crippen LogP contribution in [-0.4, -0.2) is 17.4 Å². The first-order chi connectivity index (χ1) is 6.16. The molecule has 13 heavy (non-hydrogen) atoms. The Bertz CT molecular complexity index is 174. The standard InChI is InChI=1S/C11H21NO/c1-10(13)11(8-5-9-12-10)6-3-2-4-7-11/h12-13H,2-9H2,1H3. The topological polar surface area (TPSA) is 32.3 Å². The maximum Gasteiger partial charge on any atom is 0.118 e. The zero-order chi connectivity index (χ0) is 9.36. The molecule has 0 aromatic carbocycles. The maximum atomic E-state index is 10.3. The van der Waals surface area contributed by atoms with Crippen LogP contribution in [-0.2, 0) is 0 Å². The highest BCUT2D eigenvalue weighted by molar-refractivity contribution is 4.98. The van der Waals surface area contributed by atoms with Crippen molar-refractivity contribution < 1.29 is 5.11 Å². The number of rotatable bonds is 0. The van der Waals surface area contributed by atoms with E-state index in [0.29, 0.717) is 0 Å². The van der Waals surface area contributed by atoms with Gasteiger partial charge in [-0.3, -0.25) is 5.32 Å². The van der Waals surface area contributed by atoms with Crippen molar-refractivity contribution in [2.45, 2.75) is 57.6 Å². The van der Waals surface area contributed by atoms with Gasteiger partial charge in [0.05, 0.1) is 0 Å². The summed E-state index contributed by atoms with van der Waals surface area (Å²) in [5.41, 5.74) is -0.408. The second-order valence-corrected chi connectivity index (χ2v) is 4.94. The lowest BCUT2D eigenvalue weighted by Gasteiger charge is -2.51. The van der Waals surface area contributed by atoms with Crippen molar-refractivity contribution in [3.05, 3.63) is 0 Å². The molecular formula is C11H21NO. The van der Waals surface area contributed by atoms with Crippen molar-refractivity contribution in [2.75, 3.05) is 6.54 Å². The lowest BCUT2D eigenvalue weighted by Crippen LogP contribution is -2.60. The van der Waals surface area contributed by atoms with Gasteiger partial charge in [0.15, 0.2) is 0 Å². The normalized spacial score (nSPS) is 39.2. The Kier molecular flexibility index (Phi) is 2.37. The summed E-state index contributed by atoms with van der Waals surface area (Å²) in [4.78, 5) is 0. The van der Waals surface area contributed by atoms with Crippen molar-refractivity contribution in [3.8, 4) is 0 Å². The van der Waals surface area contributed by atoms with Crippen LogP contribution in [0.3, 0.4) is 0 Å². The lowest BCUT2D eigenvalue weighted by atomic mass is 9.63. The molecule has 0 radical (unpaired) electrons. The number of hydrogen-bond acceptors (Lipinski definition) is 2. The molecule has 0 aromatic rings. The minimum absolute atomic E-state index is 0.198. The van der Waals surface area contributed by atoms with E-state index >= 15 is 0 Å². The van der Waals surface area contributed by atoms with Gasteiger partial charge in [-0.25, -0.2) is 0 Å². The van der Waals surface area contributed by atoms with E-state index in [4.69, 9.17) is 0 Å². The van der Waals surface area contributed by atoms with Crippen molar-refractivity contribution in [1.82, 2.24) is 5.32 Å². The van der Waals surface area contributed by atoms with Gasteiger partial charge in [-0.15, -0.1) is 0 Å². The molecule has 1 aliphatic heterocycles. The minimum atomic E-state index is -0.605. The van der Waals surface area contributed by atoms with E-state index in [1.807, 2.05) is 6.92 Å². The van der Waals surface area contributed by atoms with E-state index in [9.17, 15) is 5.11 Å². The molecule has 1 saturated heterocycles. The predicted octanol–water partition coefficient (Wildman–Crippen LogP) is 2.03. The van der Waals surface area contributed by atoms with Gasteiger partial charge >= 0.3 is 0 Å². The monoisotopic (exact) mass is 183 g/mol. The van der Waals surface area contributed by atoms with E-state index in [-0.39, 0.29) is 5.41 Å². The van der Waals surface area contributed by atoms with Crippen LogP contribution in [0, 0.1) is 5.41 Å². The fraction of sp³-hybridized carbons (Fsp3) is 1.00. The SMILES string of the molecule is CC1(O)NCCCC12CCCCC2. The Morgan fingerprint density at radius 2 is 1.62 bits per heavy atom. The molecular weight excluding hydrogens is 162 g/mol. The van der Waals surface area contributed by atoms with E-state index < -0.39 is 5.72 Å². The van der Waals surface area contributed by atoms with E-state index in [2.05, 4.69) is 5.32 Å². The number of nitrogens with one attached hydrogen (secondary N) is 1. The zero-order valence-corrected chi connectivity index (χ0v) is 8.60. The molecule has 0 bridgehead atoms. The summed E-state index contributed by atoms with van der Waals surface area (Å²) in [6, 6.07) is 0. The fourth-order valence-corrected chi connectivity index (χ4v) is 3.15. The summed E-state index contributed by atoms with van der Waals surface area (Å²) in [5, 5.41) is 13.6. The number of aliphatic hydroxyl groups is 1. The molecule has 2 rings (SSSR count). The third-order valence-corrected chi connectivity index (χ3v) is 4.14. The molecule has 1 aliphatic carbocycles. The van der Waals surface area contributed by atoms with Gasteiger partial charge in [0.1, 0.15) is 5.72 Å². The quantitative estimate of drug-likeness (QED) is 0.602. The predicted molar refractivity (Wildman–Crippen MR) is 53.4 cm³/mol. The summed E-state index contributed by atoms with van der Waals surface area (Å²) >= 11 is 0. The summed E-state index contributed by atoms with van der Waals surface area (Å²) in [6.45, 7) is 2.95. The first-order valence-corrected chi connectivity index (χ1v) is 5.64. The Morgan fingerprint density at radius 1 is 1.00 bits per heavy atom. The van der Waals surface area contributed by atoms with Crippen molar-refractivity contribution in [2.24, 2.45) is 5.41 Å². The van der Waals surface area contributed by atoms with Gasteiger partial charge < -0.3 is 5.11 Å². The number of piperidine rings is 1. The Morgan fingerprint density at radius 3 is 2.23 bits per heavy atom. The van der Waals surface area contributed by atoms with E-state index in [1.54, 1.807) is 0 Å². The van der Waals surface area contributed by atoms with Gasteiger partial charge in [0.2, 0.25) is 0 Å². The second-order valence-electron chi connectivity index (χ2n) is 4.94. The van der Waals surface area contributed by atoms with Crippen molar-refractivity contribution in [3.63, 3.8) is 0 Å². The van der Waals surface area contributed by atoms with Crippen LogP contribution in [0.15, 0.2) is 0 Å². The average Bonchev–Trinajstić information content (AvgIpc) is 2.12. The van der Waals surface area contributed by atoms with Crippen molar-refractivity contribution >= 4 is 0 Å². The Balaban J connectivity index is 2.16. The molecule has 1 spiro atoms. The molecule has 0 aromatic heterocycles. The van der Waals surface area contributed by atoms with Gasteiger partial charge in [0, 0.05) is 5.41 Å².